The van der Waals surface area contributed by atoms with Crippen molar-refractivity contribution in [3.63, 3.8) is 0 Å². The van der Waals surface area contributed by atoms with Crippen molar-refractivity contribution in [1.29, 1.82) is 0 Å². The largest absolute Gasteiger partial charge is 0.325 e. The lowest BCUT2D eigenvalue weighted by Gasteiger charge is -2.57. The van der Waals surface area contributed by atoms with Gasteiger partial charge in [-0.1, -0.05) is 29.8 Å². The summed E-state index contributed by atoms with van der Waals surface area (Å²) in [5.41, 5.74) is 3.61. The number of rotatable bonds is 6. The summed E-state index contributed by atoms with van der Waals surface area (Å²) >= 11 is 6.18. The molecule has 0 atom stereocenters. The van der Waals surface area contributed by atoms with Crippen molar-refractivity contribution in [1.82, 2.24) is 0 Å². The number of halogens is 1. The molecule has 0 unspecified atom stereocenters. The summed E-state index contributed by atoms with van der Waals surface area (Å²) in [6, 6.07) is 13.2. The summed E-state index contributed by atoms with van der Waals surface area (Å²) in [5.74, 6) is 2.26. The van der Waals surface area contributed by atoms with Gasteiger partial charge in [-0.2, -0.15) is 0 Å². The fourth-order valence-corrected chi connectivity index (χ4v) is 7.86. The Bertz CT molecular complexity index is 1140. The zero-order valence-electron chi connectivity index (χ0n) is 19.2. The van der Waals surface area contributed by atoms with E-state index < -0.39 is 10.0 Å². The first-order chi connectivity index (χ1) is 15.6. The summed E-state index contributed by atoms with van der Waals surface area (Å²) in [5, 5.41) is 3.32. The van der Waals surface area contributed by atoms with Gasteiger partial charge in [-0.25, -0.2) is 8.42 Å². The number of hydrogen-bond acceptors (Lipinski definition) is 3. The fourth-order valence-electron chi connectivity index (χ4n) is 6.84. The molecule has 6 rings (SSSR count). The second kappa shape index (κ2) is 8.31. The van der Waals surface area contributed by atoms with Crippen molar-refractivity contribution in [2.24, 2.45) is 17.8 Å². The molecule has 2 aromatic rings. The Morgan fingerprint density at radius 1 is 1.03 bits per heavy atom. The van der Waals surface area contributed by atoms with Gasteiger partial charge in [-0.05, 0) is 104 Å². The second-order valence-electron chi connectivity index (χ2n) is 10.5. The molecule has 33 heavy (non-hydrogen) atoms. The number of carbonyl (C=O) groups excluding carboxylic acids is 1. The number of amides is 1. The van der Waals surface area contributed by atoms with Gasteiger partial charge in [0.25, 0.3) is 0 Å². The van der Waals surface area contributed by atoms with Crippen LogP contribution in [0.3, 0.4) is 0 Å². The molecule has 0 aliphatic heterocycles. The van der Waals surface area contributed by atoms with Gasteiger partial charge in [0, 0.05) is 10.7 Å². The van der Waals surface area contributed by atoms with E-state index in [1.54, 1.807) is 18.2 Å². The number of aryl methyl sites for hydroxylation is 1. The van der Waals surface area contributed by atoms with E-state index in [-0.39, 0.29) is 12.5 Å². The Labute approximate surface area is 201 Å². The van der Waals surface area contributed by atoms with Crippen LogP contribution in [0, 0.1) is 24.7 Å². The fraction of sp³-hybridized carbons (Fsp3) is 0.500. The van der Waals surface area contributed by atoms with Crippen molar-refractivity contribution < 1.29 is 13.2 Å². The van der Waals surface area contributed by atoms with E-state index in [2.05, 4.69) is 17.4 Å². The van der Waals surface area contributed by atoms with Gasteiger partial charge in [0.15, 0.2) is 0 Å². The van der Waals surface area contributed by atoms with Gasteiger partial charge in [-0.3, -0.25) is 9.10 Å². The van der Waals surface area contributed by atoms with Crippen molar-refractivity contribution in [2.45, 2.75) is 50.9 Å². The molecule has 0 radical (unpaired) electrons. The summed E-state index contributed by atoms with van der Waals surface area (Å²) in [4.78, 5) is 12.8. The second-order valence-corrected chi connectivity index (χ2v) is 12.8. The molecule has 0 saturated heterocycles. The summed E-state index contributed by atoms with van der Waals surface area (Å²) in [6.45, 7) is 1.53. The quantitative estimate of drug-likeness (QED) is 0.584. The third-order valence-electron chi connectivity index (χ3n) is 7.95. The van der Waals surface area contributed by atoms with E-state index in [0.29, 0.717) is 21.8 Å². The van der Waals surface area contributed by atoms with Gasteiger partial charge in [0.2, 0.25) is 15.9 Å². The van der Waals surface area contributed by atoms with Crippen molar-refractivity contribution in [3.8, 4) is 0 Å². The van der Waals surface area contributed by atoms with E-state index >= 15 is 0 Å². The molecule has 0 aromatic heterocycles. The zero-order valence-corrected chi connectivity index (χ0v) is 20.8. The molecule has 0 spiro atoms. The highest BCUT2D eigenvalue weighted by Crippen LogP contribution is 2.60. The monoisotopic (exact) mass is 486 g/mol. The predicted octanol–water partition coefficient (Wildman–Crippen LogP) is 5.52. The minimum absolute atomic E-state index is 0.311. The van der Waals surface area contributed by atoms with E-state index in [0.717, 1.165) is 33.9 Å². The number of anilines is 2. The Hall–Kier alpha value is -2.05. The molecule has 1 amide bonds. The van der Waals surface area contributed by atoms with E-state index in [4.69, 9.17) is 11.6 Å². The number of nitrogens with one attached hydrogen (secondary N) is 1. The lowest BCUT2D eigenvalue weighted by molar-refractivity contribution is -0.114. The molecule has 0 heterocycles. The third kappa shape index (κ3) is 4.52. The minimum atomic E-state index is -3.65. The molecule has 4 fully saturated rings. The normalized spacial score (nSPS) is 28.0. The molecule has 4 bridgehead atoms. The first-order valence-electron chi connectivity index (χ1n) is 11.8. The highest BCUT2D eigenvalue weighted by molar-refractivity contribution is 7.92. The third-order valence-corrected chi connectivity index (χ3v) is 9.50. The topological polar surface area (TPSA) is 66.5 Å². The van der Waals surface area contributed by atoms with E-state index in [1.807, 2.05) is 19.1 Å². The molecule has 4 saturated carbocycles. The molecule has 7 heteroatoms. The maximum absolute atomic E-state index is 12.8. The number of benzene rings is 2. The Balaban J connectivity index is 1.29. The molecule has 176 valence electrons. The smallest absolute Gasteiger partial charge is 0.245 e. The first kappa shape index (κ1) is 22.7. The Morgan fingerprint density at radius 3 is 2.12 bits per heavy atom. The van der Waals surface area contributed by atoms with Crippen LogP contribution in [0.2, 0.25) is 5.02 Å². The SMILES string of the molecule is Cc1ccc(N(CC(=O)Nc2ccc(C34CC5CC(CC(C5)C3)C4)cc2)S(C)(=O)=O)cc1Cl. The van der Waals surface area contributed by atoms with Crippen LogP contribution in [0.15, 0.2) is 42.5 Å². The highest BCUT2D eigenvalue weighted by Gasteiger charge is 2.51. The van der Waals surface area contributed by atoms with Crippen LogP contribution in [0.25, 0.3) is 0 Å². The molecular weight excluding hydrogens is 456 g/mol. The van der Waals surface area contributed by atoms with Crippen LogP contribution in [0.1, 0.15) is 49.7 Å². The predicted molar refractivity (Wildman–Crippen MR) is 133 cm³/mol. The number of sulfonamides is 1. The number of hydrogen-bond donors (Lipinski definition) is 1. The summed E-state index contributed by atoms with van der Waals surface area (Å²) in [6.07, 6.45) is 9.23. The molecule has 1 N–H and O–H groups in total. The van der Waals surface area contributed by atoms with Crippen LogP contribution in [-0.2, 0) is 20.2 Å². The maximum atomic E-state index is 12.8. The number of nitrogens with zero attached hydrogens (tertiary/aromatic N) is 1. The van der Waals surface area contributed by atoms with Gasteiger partial charge in [0.05, 0.1) is 11.9 Å². The molecular formula is C26H31ClN2O3S. The van der Waals surface area contributed by atoms with Gasteiger partial charge < -0.3 is 5.32 Å². The highest BCUT2D eigenvalue weighted by atomic mass is 35.5. The molecule has 4 aliphatic carbocycles. The first-order valence-corrected chi connectivity index (χ1v) is 14.0. The van der Waals surface area contributed by atoms with Gasteiger partial charge >= 0.3 is 0 Å². The van der Waals surface area contributed by atoms with Crippen LogP contribution >= 0.6 is 11.6 Å². The molecule has 4 aliphatic rings. The summed E-state index contributed by atoms with van der Waals surface area (Å²) in [7, 11) is -3.65. The lowest BCUT2D eigenvalue weighted by Crippen LogP contribution is -2.48. The average Bonchev–Trinajstić information content (AvgIpc) is 2.73. The van der Waals surface area contributed by atoms with E-state index in [9.17, 15) is 13.2 Å². The minimum Gasteiger partial charge on any atom is -0.325 e. The maximum Gasteiger partial charge on any atom is 0.245 e. The van der Waals surface area contributed by atoms with Crippen LogP contribution in [0.4, 0.5) is 11.4 Å². The van der Waals surface area contributed by atoms with Gasteiger partial charge in [0.1, 0.15) is 6.54 Å². The van der Waals surface area contributed by atoms with Crippen molar-refractivity contribution >= 4 is 38.9 Å². The Morgan fingerprint density at radius 2 is 1.61 bits per heavy atom. The van der Waals surface area contributed by atoms with Gasteiger partial charge in [-0.15, -0.1) is 0 Å². The number of carbonyl (C=O) groups is 1. The standard InChI is InChI=1S/C26H31ClN2O3S/c1-17-3-8-23(12-24(17)27)29(33(2,31)32)16-25(30)28-22-6-4-21(5-7-22)26-13-18-9-19(14-26)11-20(10-18)15-26/h3-8,12,18-20H,9-11,13-16H2,1-2H3,(H,28,30). The lowest BCUT2D eigenvalue weighted by atomic mass is 9.48. The average molecular weight is 487 g/mol. The van der Waals surface area contributed by atoms with Crippen LogP contribution in [-0.4, -0.2) is 27.1 Å². The van der Waals surface area contributed by atoms with E-state index in [1.165, 1.54) is 44.1 Å². The molecule has 5 nitrogen and oxygen atoms in total. The summed E-state index contributed by atoms with van der Waals surface area (Å²) < 4.78 is 25.8. The van der Waals surface area contributed by atoms with Crippen LogP contribution in [0.5, 0.6) is 0 Å². The zero-order chi connectivity index (χ0) is 23.4. The molecule has 2 aromatic carbocycles. The van der Waals surface area contributed by atoms with Crippen molar-refractivity contribution in [2.75, 3.05) is 22.4 Å². The van der Waals surface area contributed by atoms with Crippen LogP contribution < -0.4 is 9.62 Å². The van der Waals surface area contributed by atoms with Crippen molar-refractivity contribution in [3.05, 3.63) is 58.6 Å². The Kier molecular flexibility index (Phi) is 5.73.